The van der Waals surface area contributed by atoms with E-state index < -0.39 is 0 Å². The third-order valence-corrected chi connectivity index (χ3v) is 4.66. The molecule has 1 aromatic carbocycles. The Hall–Kier alpha value is -1.43. The highest BCUT2D eigenvalue weighted by Gasteiger charge is 2.27. The van der Waals surface area contributed by atoms with Crippen molar-refractivity contribution in [3.63, 3.8) is 0 Å². The number of para-hydroxylation sites is 1. The van der Waals surface area contributed by atoms with Gasteiger partial charge in [0.2, 0.25) is 0 Å². The van der Waals surface area contributed by atoms with E-state index in [9.17, 15) is 10.1 Å². The van der Waals surface area contributed by atoms with Crippen molar-refractivity contribution < 1.29 is 4.92 Å². The van der Waals surface area contributed by atoms with Gasteiger partial charge in [-0.05, 0) is 37.7 Å². The predicted molar refractivity (Wildman–Crippen MR) is 81.2 cm³/mol. The molecule has 2 N–H and O–H groups in total. The molecule has 1 aromatic rings. The summed E-state index contributed by atoms with van der Waals surface area (Å²) in [7, 11) is 1.70. The summed E-state index contributed by atoms with van der Waals surface area (Å²) >= 11 is 1.88. The van der Waals surface area contributed by atoms with Crippen LogP contribution in [0.4, 0.5) is 17.1 Å². The number of nitrogens with one attached hydrogen (secondary N) is 2. The number of rotatable bonds is 5. The van der Waals surface area contributed by atoms with Gasteiger partial charge in [-0.15, -0.1) is 0 Å². The molecule has 19 heavy (non-hydrogen) atoms. The molecular weight excluding hydrogens is 262 g/mol. The van der Waals surface area contributed by atoms with Gasteiger partial charge in [0.05, 0.1) is 4.92 Å². The maximum Gasteiger partial charge on any atom is 0.315 e. The van der Waals surface area contributed by atoms with Gasteiger partial charge >= 0.3 is 5.69 Å². The predicted octanol–water partition coefficient (Wildman–Crippen LogP) is 3.33. The zero-order chi connectivity index (χ0) is 13.8. The van der Waals surface area contributed by atoms with Gasteiger partial charge in [0.25, 0.3) is 0 Å². The Labute approximate surface area is 117 Å². The zero-order valence-corrected chi connectivity index (χ0v) is 12.0. The standard InChI is InChI=1S/C13H19N3O2S/c1-14-11-4-3-5-12(13(11)16(17)18)15-9-6-7-10(8-9)19-2/h3-5,9-10,14-15H,6-8H2,1-2H3. The van der Waals surface area contributed by atoms with Gasteiger partial charge in [-0.3, -0.25) is 10.1 Å². The van der Waals surface area contributed by atoms with Crippen molar-refractivity contribution in [1.82, 2.24) is 0 Å². The van der Waals surface area contributed by atoms with Gasteiger partial charge in [0, 0.05) is 18.3 Å². The first-order chi connectivity index (χ1) is 9.15. The Morgan fingerprint density at radius 1 is 1.37 bits per heavy atom. The van der Waals surface area contributed by atoms with E-state index in [0.717, 1.165) is 12.8 Å². The van der Waals surface area contributed by atoms with Crippen LogP contribution in [-0.2, 0) is 0 Å². The van der Waals surface area contributed by atoms with E-state index in [1.807, 2.05) is 17.8 Å². The van der Waals surface area contributed by atoms with Gasteiger partial charge in [0.1, 0.15) is 11.4 Å². The first-order valence-electron chi connectivity index (χ1n) is 6.40. The van der Waals surface area contributed by atoms with Crippen molar-refractivity contribution in [2.24, 2.45) is 0 Å². The smallest absolute Gasteiger partial charge is 0.315 e. The SMILES string of the molecule is CNc1cccc(NC2CCC(SC)C2)c1[N+](=O)[O-]. The Morgan fingerprint density at radius 3 is 2.68 bits per heavy atom. The number of hydrogen-bond donors (Lipinski definition) is 2. The molecule has 2 atom stereocenters. The molecule has 0 saturated heterocycles. The number of hydrogen-bond acceptors (Lipinski definition) is 5. The zero-order valence-electron chi connectivity index (χ0n) is 11.2. The molecule has 0 amide bonds. The highest BCUT2D eigenvalue weighted by atomic mass is 32.2. The fraction of sp³-hybridized carbons (Fsp3) is 0.538. The molecule has 0 spiro atoms. The molecule has 2 rings (SSSR count). The fourth-order valence-electron chi connectivity index (χ4n) is 2.56. The number of benzene rings is 1. The van der Waals surface area contributed by atoms with Crippen LogP contribution in [0.25, 0.3) is 0 Å². The van der Waals surface area contributed by atoms with E-state index >= 15 is 0 Å². The van der Waals surface area contributed by atoms with Gasteiger partial charge in [-0.2, -0.15) is 11.8 Å². The van der Waals surface area contributed by atoms with Crippen LogP contribution in [0.1, 0.15) is 19.3 Å². The molecule has 0 heterocycles. The maximum absolute atomic E-state index is 11.2. The fourth-order valence-corrected chi connectivity index (χ4v) is 3.36. The summed E-state index contributed by atoms with van der Waals surface area (Å²) in [5.41, 5.74) is 1.30. The maximum atomic E-state index is 11.2. The third kappa shape index (κ3) is 3.12. The van der Waals surface area contributed by atoms with Crippen molar-refractivity contribution in [2.75, 3.05) is 23.9 Å². The lowest BCUT2D eigenvalue weighted by Gasteiger charge is -2.15. The molecule has 104 valence electrons. The molecule has 0 radical (unpaired) electrons. The summed E-state index contributed by atoms with van der Waals surface area (Å²) in [6.07, 6.45) is 5.45. The Kier molecular flexibility index (Phi) is 4.52. The van der Waals surface area contributed by atoms with Crippen molar-refractivity contribution in [3.8, 4) is 0 Å². The molecular formula is C13H19N3O2S. The molecule has 1 aliphatic carbocycles. The number of nitro benzene ring substituents is 1. The van der Waals surface area contributed by atoms with Gasteiger partial charge in [0.15, 0.2) is 0 Å². The molecule has 0 aliphatic heterocycles. The summed E-state index contributed by atoms with van der Waals surface area (Å²) in [5, 5.41) is 18.1. The van der Waals surface area contributed by atoms with Crippen LogP contribution in [0.5, 0.6) is 0 Å². The molecule has 5 nitrogen and oxygen atoms in total. The van der Waals surface area contributed by atoms with E-state index in [0.29, 0.717) is 22.7 Å². The number of nitrogens with zero attached hydrogens (tertiary/aromatic N) is 1. The van der Waals surface area contributed by atoms with E-state index in [1.54, 1.807) is 19.2 Å². The molecule has 0 aromatic heterocycles. The number of thioether (sulfide) groups is 1. The quantitative estimate of drug-likeness (QED) is 0.640. The molecule has 6 heteroatoms. The minimum absolute atomic E-state index is 0.137. The molecule has 2 unspecified atom stereocenters. The lowest BCUT2D eigenvalue weighted by molar-refractivity contribution is -0.383. The summed E-state index contributed by atoms with van der Waals surface area (Å²) in [6, 6.07) is 5.68. The molecule has 1 aliphatic rings. The monoisotopic (exact) mass is 281 g/mol. The topological polar surface area (TPSA) is 67.2 Å². The number of nitro groups is 1. The lowest BCUT2D eigenvalue weighted by atomic mass is 10.2. The first-order valence-corrected chi connectivity index (χ1v) is 7.69. The normalized spacial score (nSPS) is 22.2. The second-order valence-electron chi connectivity index (χ2n) is 4.72. The van der Waals surface area contributed by atoms with Crippen molar-refractivity contribution in [3.05, 3.63) is 28.3 Å². The van der Waals surface area contributed by atoms with Crippen molar-refractivity contribution in [2.45, 2.75) is 30.6 Å². The molecule has 0 bridgehead atoms. The second-order valence-corrected chi connectivity index (χ2v) is 5.86. The molecule has 1 fully saturated rings. The van der Waals surface area contributed by atoms with E-state index in [2.05, 4.69) is 16.9 Å². The van der Waals surface area contributed by atoms with Crippen LogP contribution in [-0.4, -0.2) is 29.5 Å². The van der Waals surface area contributed by atoms with Crippen LogP contribution in [0, 0.1) is 10.1 Å². The average molecular weight is 281 g/mol. The third-order valence-electron chi connectivity index (χ3n) is 3.57. The van der Waals surface area contributed by atoms with E-state index in [-0.39, 0.29) is 10.6 Å². The van der Waals surface area contributed by atoms with Gasteiger partial charge in [-0.1, -0.05) is 6.07 Å². The van der Waals surface area contributed by atoms with E-state index in [4.69, 9.17) is 0 Å². The summed E-state index contributed by atoms with van der Waals surface area (Å²) in [6.45, 7) is 0. The van der Waals surface area contributed by atoms with Gasteiger partial charge in [-0.25, -0.2) is 0 Å². The van der Waals surface area contributed by atoms with Crippen molar-refractivity contribution in [1.29, 1.82) is 0 Å². The van der Waals surface area contributed by atoms with Crippen LogP contribution >= 0.6 is 11.8 Å². The Balaban J connectivity index is 2.18. The van der Waals surface area contributed by atoms with Gasteiger partial charge < -0.3 is 10.6 Å². The van der Waals surface area contributed by atoms with Crippen LogP contribution in [0.15, 0.2) is 18.2 Å². The second kappa shape index (κ2) is 6.14. The average Bonchev–Trinajstić information content (AvgIpc) is 2.85. The number of anilines is 2. The largest absolute Gasteiger partial charge is 0.382 e. The van der Waals surface area contributed by atoms with Crippen molar-refractivity contribution >= 4 is 28.8 Å². The highest BCUT2D eigenvalue weighted by molar-refractivity contribution is 7.99. The molecule has 1 saturated carbocycles. The van der Waals surface area contributed by atoms with Crippen LogP contribution < -0.4 is 10.6 Å². The summed E-state index contributed by atoms with van der Waals surface area (Å²) < 4.78 is 0. The lowest BCUT2D eigenvalue weighted by Crippen LogP contribution is -2.17. The Bertz CT molecular complexity index is 467. The van der Waals surface area contributed by atoms with Crippen LogP contribution in [0.2, 0.25) is 0 Å². The minimum atomic E-state index is -0.324. The summed E-state index contributed by atoms with van der Waals surface area (Å²) in [5.74, 6) is 0. The first kappa shape index (κ1) is 14.0. The van der Waals surface area contributed by atoms with Crippen LogP contribution in [0.3, 0.4) is 0 Å². The highest BCUT2D eigenvalue weighted by Crippen LogP contribution is 2.36. The summed E-state index contributed by atoms with van der Waals surface area (Å²) in [4.78, 5) is 10.9. The minimum Gasteiger partial charge on any atom is -0.382 e. The Morgan fingerprint density at radius 2 is 2.11 bits per heavy atom. The van der Waals surface area contributed by atoms with E-state index in [1.165, 1.54) is 6.42 Å².